The lowest BCUT2D eigenvalue weighted by Crippen LogP contribution is -2.48. The van der Waals surface area contributed by atoms with Gasteiger partial charge in [0.15, 0.2) is 0 Å². The number of rotatable bonds is 7. The maximum absolute atomic E-state index is 12.3. The Labute approximate surface area is 143 Å². The fraction of sp³-hybridized carbons (Fsp3) is 0.533. The number of hydrogen-bond donors (Lipinski definition) is 3. The van der Waals surface area contributed by atoms with Gasteiger partial charge < -0.3 is 10.6 Å². The summed E-state index contributed by atoms with van der Waals surface area (Å²) in [6.07, 6.45) is 0.143. The average molecular weight is 362 g/mol. The van der Waals surface area contributed by atoms with Crippen molar-refractivity contribution >= 4 is 28.3 Å². The average Bonchev–Trinajstić information content (AvgIpc) is 2.39. The molecule has 1 saturated heterocycles. The minimum Gasteiger partial charge on any atom is -0.356 e. The number of aryl methyl sites for hydroxylation is 2. The van der Waals surface area contributed by atoms with Gasteiger partial charge in [-0.1, -0.05) is 12.1 Å². The molecule has 1 aromatic rings. The molecule has 1 heterocycles. The monoisotopic (exact) mass is 361 g/mol. The van der Waals surface area contributed by atoms with Gasteiger partial charge in [0, 0.05) is 38.5 Å². The number of hydrogen-bond acceptors (Lipinski definition) is 4. The molecule has 1 aromatic carbocycles. The summed E-state index contributed by atoms with van der Waals surface area (Å²) in [5.74, 6) is 0.367. The van der Waals surface area contributed by atoms with Crippen LogP contribution in [0.1, 0.15) is 17.5 Å². The van der Waals surface area contributed by atoms with Crippen LogP contribution in [-0.2, 0) is 14.8 Å². The Morgan fingerprint density at radius 2 is 2.00 bits per heavy atom. The number of carbonyl (C=O) groups is 1. The van der Waals surface area contributed by atoms with E-state index < -0.39 is 10.0 Å². The summed E-state index contributed by atoms with van der Waals surface area (Å²) >= 11 is 0. The first-order chi connectivity index (χ1) is 10.4. The third kappa shape index (κ3) is 5.76. The van der Waals surface area contributed by atoms with Gasteiger partial charge in [0.2, 0.25) is 15.9 Å². The van der Waals surface area contributed by atoms with Crippen molar-refractivity contribution in [2.75, 3.05) is 26.2 Å². The Kier molecular flexibility index (Phi) is 7.47. The van der Waals surface area contributed by atoms with Crippen molar-refractivity contribution in [2.24, 2.45) is 5.92 Å². The van der Waals surface area contributed by atoms with Crippen LogP contribution in [0.15, 0.2) is 23.1 Å². The molecule has 1 fully saturated rings. The van der Waals surface area contributed by atoms with E-state index in [2.05, 4.69) is 15.4 Å². The van der Waals surface area contributed by atoms with Crippen LogP contribution in [0.3, 0.4) is 0 Å². The van der Waals surface area contributed by atoms with Gasteiger partial charge in [0.05, 0.1) is 4.90 Å². The minimum absolute atomic E-state index is 0. The Morgan fingerprint density at radius 1 is 1.30 bits per heavy atom. The number of carbonyl (C=O) groups excluding carboxylic acids is 1. The van der Waals surface area contributed by atoms with E-state index in [9.17, 15) is 13.2 Å². The van der Waals surface area contributed by atoms with Crippen LogP contribution in [0.4, 0.5) is 0 Å². The second-order valence-corrected chi connectivity index (χ2v) is 7.48. The Morgan fingerprint density at radius 3 is 2.61 bits per heavy atom. The Hall–Kier alpha value is -1.15. The standard InChI is InChI=1S/C15H23N3O3S.ClH/c1-11-3-4-12(2)14(7-11)22(20,21)18-6-5-15(19)17-10-13-8-16-9-13;/h3-4,7,13,16,18H,5-6,8-10H2,1-2H3,(H,17,19);1H. The molecule has 8 heteroatoms. The summed E-state index contributed by atoms with van der Waals surface area (Å²) in [6, 6.07) is 5.29. The maximum Gasteiger partial charge on any atom is 0.240 e. The number of sulfonamides is 1. The predicted molar refractivity (Wildman–Crippen MR) is 92.3 cm³/mol. The van der Waals surface area contributed by atoms with E-state index in [0.717, 1.165) is 18.7 Å². The van der Waals surface area contributed by atoms with E-state index in [0.29, 0.717) is 18.0 Å². The molecular formula is C15H24ClN3O3S. The molecule has 1 amide bonds. The zero-order valence-corrected chi connectivity index (χ0v) is 15.0. The summed E-state index contributed by atoms with van der Waals surface area (Å²) in [4.78, 5) is 11.9. The van der Waals surface area contributed by atoms with E-state index in [1.165, 1.54) is 0 Å². The maximum atomic E-state index is 12.3. The lowest BCUT2D eigenvalue weighted by atomic mass is 10.0. The predicted octanol–water partition coefficient (Wildman–Crippen LogP) is 0.729. The number of benzene rings is 1. The largest absolute Gasteiger partial charge is 0.356 e. The molecule has 0 radical (unpaired) electrons. The van der Waals surface area contributed by atoms with Crippen molar-refractivity contribution in [3.63, 3.8) is 0 Å². The van der Waals surface area contributed by atoms with E-state index in [1.807, 2.05) is 13.0 Å². The van der Waals surface area contributed by atoms with Gasteiger partial charge in [0.25, 0.3) is 0 Å². The van der Waals surface area contributed by atoms with Crippen molar-refractivity contribution in [1.82, 2.24) is 15.4 Å². The Balaban J connectivity index is 0.00000264. The summed E-state index contributed by atoms with van der Waals surface area (Å²) < 4.78 is 27.0. The van der Waals surface area contributed by atoms with Gasteiger partial charge in [-0.25, -0.2) is 13.1 Å². The van der Waals surface area contributed by atoms with Gasteiger partial charge in [0.1, 0.15) is 0 Å². The van der Waals surface area contributed by atoms with Gasteiger partial charge in [-0.05, 0) is 31.0 Å². The molecule has 6 nitrogen and oxygen atoms in total. The molecule has 1 aliphatic rings. The lowest BCUT2D eigenvalue weighted by Gasteiger charge is -2.27. The normalized spacial score (nSPS) is 14.7. The zero-order chi connectivity index (χ0) is 16.2. The van der Waals surface area contributed by atoms with Crippen molar-refractivity contribution in [1.29, 1.82) is 0 Å². The van der Waals surface area contributed by atoms with E-state index in [1.54, 1.807) is 19.1 Å². The van der Waals surface area contributed by atoms with Crippen molar-refractivity contribution in [2.45, 2.75) is 25.2 Å². The molecule has 0 spiro atoms. The first kappa shape index (κ1) is 19.9. The number of halogens is 1. The second-order valence-electron chi connectivity index (χ2n) is 5.75. The van der Waals surface area contributed by atoms with Crippen molar-refractivity contribution in [3.05, 3.63) is 29.3 Å². The highest BCUT2D eigenvalue weighted by Crippen LogP contribution is 2.16. The smallest absolute Gasteiger partial charge is 0.240 e. The zero-order valence-electron chi connectivity index (χ0n) is 13.4. The summed E-state index contributed by atoms with van der Waals surface area (Å²) in [6.45, 7) is 6.22. The quantitative estimate of drug-likeness (QED) is 0.668. The van der Waals surface area contributed by atoms with Crippen LogP contribution >= 0.6 is 12.4 Å². The highest BCUT2D eigenvalue weighted by molar-refractivity contribution is 7.89. The van der Waals surface area contributed by atoms with Crippen LogP contribution in [0.2, 0.25) is 0 Å². The third-order valence-corrected chi connectivity index (χ3v) is 5.33. The molecule has 23 heavy (non-hydrogen) atoms. The highest BCUT2D eigenvalue weighted by atomic mass is 35.5. The molecule has 130 valence electrons. The van der Waals surface area contributed by atoms with Gasteiger partial charge in [-0.3, -0.25) is 4.79 Å². The second kappa shape index (κ2) is 8.63. The molecule has 0 saturated carbocycles. The molecule has 1 aliphatic heterocycles. The highest BCUT2D eigenvalue weighted by Gasteiger charge is 2.19. The van der Waals surface area contributed by atoms with Crippen LogP contribution in [0.25, 0.3) is 0 Å². The molecular weight excluding hydrogens is 338 g/mol. The molecule has 0 bridgehead atoms. The first-order valence-electron chi connectivity index (χ1n) is 7.43. The molecule has 0 aliphatic carbocycles. The van der Waals surface area contributed by atoms with E-state index in [-0.39, 0.29) is 36.2 Å². The van der Waals surface area contributed by atoms with Crippen molar-refractivity contribution < 1.29 is 13.2 Å². The summed E-state index contributed by atoms with van der Waals surface area (Å²) in [5.41, 5.74) is 1.58. The van der Waals surface area contributed by atoms with Crippen LogP contribution in [-0.4, -0.2) is 40.5 Å². The van der Waals surface area contributed by atoms with E-state index in [4.69, 9.17) is 0 Å². The third-order valence-electron chi connectivity index (χ3n) is 3.73. The minimum atomic E-state index is -3.57. The lowest BCUT2D eigenvalue weighted by molar-refractivity contribution is -0.121. The van der Waals surface area contributed by atoms with Crippen LogP contribution in [0, 0.1) is 19.8 Å². The number of amides is 1. The van der Waals surface area contributed by atoms with Gasteiger partial charge in [-0.2, -0.15) is 0 Å². The van der Waals surface area contributed by atoms with Gasteiger partial charge in [-0.15, -0.1) is 12.4 Å². The van der Waals surface area contributed by atoms with E-state index >= 15 is 0 Å². The number of nitrogens with one attached hydrogen (secondary N) is 3. The van der Waals surface area contributed by atoms with Gasteiger partial charge >= 0.3 is 0 Å². The van der Waals surface area contributed by atoms with Crippen LogP contribution < -0.4 is 15.4 Å². The summed E-state index contributed by atoms with van der Waals surface area (Å²) in [7, 11) is -3.57. The SMILES string of the molecule is Cc1ccc(C)c(S(=O)(=O)NCCC(=O)NCC2CNC2)c1.Cl. The molecule has 0 unspecified atom stereocenters. The van der Waals surface area contributed by atoms with Crippen molar-refractivity contribution in [3.8, 4) is 0 Å². The molecule has 0 aromatic heterocycles. The fourth-order valence-corrected chi connectivity index (χ4v) is 3.57. The molecule has 3 N–H and O–H groups in total. The van der Waals surface area contributed by atoms with Crippen LogP contribution in [0.5, 0.6) is 0 Å². The topological polar surface area (TPSA) is 87.3 Å². The molecule has 2 rings (SSSR count). The fourth-order valence-electron chi connectivity index (χ4n) is 2.21. The first-order valence-corrected chi connectivity index (χ1v) is 8.91. The Bertz CT molecular complexity index is 645. The molecule has 0 atom stereocenters. The summed E-state index contributed by atoms with van der Waals surface area (Å²) in [5, 5.41) is 5.95.